The van der Waals surface area contributed by atoms with Crippen molar-refractivity contribution in [1.29, 1.82) is 0 Å². The topological polar surface area (TPSA) is 44.8 Å². The second-order valence-corrected chi connectivity index (χ2v) is 9.93. The van der Waals surface area contributed by atoms with Crippen LogP contribution in [0.1, 0.15) is 73.1 Å². The maximum atomic E-state index is 13.1. The summed E-state index contributed by atoms with van der Waals surface area (Å²) >= 11 is 0. The van der Waals surface area contributed by atoms with E-state index in [1.165, 1.54) is 0 Å². The fraction of sp³-hybridized carbons (Fsp3) is 0.864. The SMILES string of the molecule is CCO[C@H]1C[C@]2(CC[C@@]3(O2)C(C)=CC(=O)[C@H]2C(C)(C)CCC[C@@]23C)CO1. The standard InChI is InChI=1S/C22H34O4/c1-6-24-17-13-21(14-25-17)10-11-22(26-21)15(2)12-16(23)18-19(3,4)8-7-9-20(18,22)5/h12,17-18H,6-11,13-14H2,1-5H3/t17-,18+,20+,21-,22-/m1/s1. The lowest BCUT2D eigenvalue weighted by molar-refractivity contribution is -0.193. The minimum atomic E-state index is -0.340. The van der Waals surface area contributed by atoms with Crippen LogP contribution in [-0.4, -0.2) is 36.5 Å². The van der Waals surface area contributed by atoms with Crippen molar-refractivity contribution < 1.29 is 19.0 Å². The number of carbonyl (C=O) groups excluding carboxylic acids is 1. The first-order valence-corrected chi connectivity index (χ1v) is 10.3. The van der Waals surface area contributed by atoms with Crippen molar-refractivity contribution in [1.82, 2.24) is 0 Å². The monoisotopic (exact) mass is 362 g/mol. The highest BCUT2D eigenvalue weighted by atomic mass is 16.7. The quantitative estimate of drug-likeness (QED) is 0.729. The number of fused-ring (bicyclic) bond motifs is 2. The number of ether oxygens (including phenoxy) is 3. The summed E-state index contributed by atoms with van der Waals surface area (Å²) in [6, 6.07) is 0. The predicted molar refractivity (Wildman–Crippen MR) is 99.8 cm³/mol. The third kappa shape index (κ3) is 2.41. The van der Waals surface area contributed by atoms with Crippen LogP contribution in [0, 0.1) is 16.7 Å². The smallest absolute Gasteiger partial charge is 0.160 e. The Hall–Kier alpha value is -0.710. The van der Waals surface area contributed by atoms with E-state index >= 15 is 0 Å². The molecule has 1 saturated carbocycles. The number of carbonyl (C=O) groups is 1. The molecule has 3 fully saturated rings. The first kappa shape index (κ1) is 18.6. The Bertz CT molecular complexity index is 638. The Morgan fingerprint density at radius 1 is 1.19 bits per heavy atom. The van der Waals surface area contributed by atoms with E-state index in [2.05, 4.69) is 27.7 Å². The highest BCUT2D eigenvalue weighted by Gasteiger charge is 2.68. The minimum Gasteiger partial charge on any atom is -0.361 e. The zero-order valence-corrected chi connectivity index (χ0v) is 17.0. The lowest BCUT2D eigenvalue weighted by Gasteiger charge is -2.60. The largest absolute Gasteiger partial charge is 0.361 e. The molecule has 0 radical (unpaired) electrons. The molecule has 2 aliphatic carbocycles. The Morgan fingerprint density at radius 2 is 1.96 bits per heavy atom. The molecule has 0 amide bonds. The molecule has 26 heavy (non-hydrogen) atoms. The molecule has 0 aromatic carbocycles. The van der Waals surface area contributed by atoms with Gasteiger partial charge in [0.05, 0.1) is 17.8 Å². The van der Waals surface area contributed by atoms with E-state index in [4.69, 9.17) is 14.2 Å². The lowest BCUT2D eigenvalue weighted by atomic mass is 9.46. The van der Waals surface area contributed by atoms with Gasteiger partial charge in [0.15, 0.2) is 12.1 Å². The Labute approximate surface area is 157 Å². The van der Waals surface area contributed by atoms with Crippen molar-refractivity contribution in [3.63, 3.8) is 0 Å². The molecule has 4 heteroatoms. The van der Waals surface area contributed by atoms with Crippen molar-refractivity contribution in [2.24, 2.45) is 16.7 Å². The summed E-state index contributed by atoms with van der Waals surface area (Å²) in [5.74, 6) is 0.340. The number of ketones is 1. The van der Waals surface area contributed by atoms with Crippen LogP contribution in [-0.2, 0) is 19.0 Å². The highest BCUT2D eigenvalue weighted by Crippen LogP contribution is 2.66. The van der Waals surface area contributed by atoms with E-state index in [-0.39, 0.29) is 34.2 Å². The van der Waals surface area contributed by atoms with E-state index < -0.39 is 0 Å². The van der Waals surface area contributed by atoms with Crippen LogP contribution < -0.4 is 0 Å². The summed E-state index contributed by atoms with van der Waals surface area (Å²) in [6.07, 6.45) is 7.84. The second-order valence-electron chi connectivity index (χ2n) is 9.93. The minimum absolute atomic E-state index is 0.0213. The van der Waals surface area contributed by atoms with Crippen LogP contribution in [0.4, 0.5) is 0 Å². The second kappa shape index (κ2) is 5.89. The Morgan fingerprint density at radius 3 is 2.69 bits per heavy atom. The zero-order chi connectivity index (χ0) is 18.8. The van der Waals surface area contributed by atoms with E-state index in [1.54, 1.807) is 0 Å². The molecule has 2 spiro atoms. The van der Waals surface area contributed by atoms with Crippen molar-refractivity contribution in [3.05, 3.63) is 11.6 Å². The number of rotatable bonds is 2. The Kier molecular flexibility index (Phi) is 4.22. The molecule has 146 valence electrons. The normalized spacial score (nSPS) is 47.4. The fourth-order valence-electron chi connectivity index (χ4n) is 6.82. The first-order chi connectivity index (χ1) is 12.2. The molecule has 4 nitrogen and oxygen atoms in total. The average molecular weight is 363 g/mol. The molecule has 0 aromatic rings. The third-order valence-electron chi connectivity index (χ3n) is 7.89. The van der Waals surface area contributed by atoms with Crippen LogP contribution >= 0.6 is 0 Å². The molecule has 4 aliphatic rings. The van der Waals surface area contributed by atoms with Gasteiger partial charge in [0, 0.05) is 24.4 Å². The van der Waals surface area contributed by atoms with Gasteiger partial charge in [-0.25, -0.2) is 0 Å². The van der Waals surface area contributed by atoms with Gasteiger partial charge >= 0.3 is 0 Å². The van der Waals surface area contributed by atoms with Gasteiger partial charge in [-0.15, -0.1) is 0 Å². The molecule has 2 aliphatic heterocycles. The molecule has 0 N–H and O–H groups in total. The van der Waals surface area contributed by atoms with Gasteiger partial charge in [0.1, 0.15) is 0 Å². The zero-order valence-electron chi connectivity index (χ0n) is 17.0. The number of hydrogen-bond acceptors (Lipinski definition) is 4. The maximum absolute atomic E-state index is 13.1. The molecule has 2 saturated heterocycles. The van der Waals surface area contributed by atoms with Crippen LogP contribution in [0.25, 0.3) is 0 Å². The van der Waals surface area contributed by atoms with Crippen LogP contribution in [0.3, 0.4) is 0 Å². The summed E-state index contributed by atoms with van der Waals surface area (Å²) < 4.78 is 18.6. The van der Waals surface area contributed by atoms with Gasteiger partial charge in [0.2, 0.25) is 0 Å². The molecule has 5 atom stereocenters. The molecule has 4 rings (SSSR count). The lowest BCUT2D eigenvalue weighted by Crippen LogP contribution is -2.62. The van der Waals surface area contributed by atoms with Crippen LogP contribution in [0.15, 0.2) is 11.6 Å². The van der Waals surface area contributed by atoms with Crippen LogP contribution in [0.5, 0.6) is 0 Å². The van der Waals surface area contributed by atoms with E-state index in [9.17, 15) is 4.79 Å². The predicted octanol–water partition coefficient (Wildman–Crippen LogP) is 4.42. The van der Waals surface area contributed by atoms with Crippen molar-refractivity contribution >= 4 is 5.78 Å². The number of hydrogen-bond donors (Lipinski definition) is 0. The number of allylic oxidation sites excluding steroid dienone is 1. The van der Waals surface area contributed by atoms with Crippen molar-refractivity contribution in [2.75, 3.05) is 13.2 Å². The summed E-state index contributed by atoms with van der Waals surface area (Å²) in [6.45, 7) is 12.2. The molecular formula is C22H34O4. The summed E-state index contributed by atoms with van der Waals surface area (Å²) in [5, 5.41) is 0. The molecule has 2 heterocycles. The van der Waals surface area contributed by atoms with Gasteiger partial charge in [-0.3, -0.25) is 4.79 Å². The molecule has 0 bridgehead atoms. The van der Waals surface area contributed by atoms with Crippen molar-refractivity contribution in [2.45, 2.75) is 90.6 Å². The van der Waals surface area contributed by atoms with Crippen LogP contribution in [0.2, 0.25) is 0 Å². The summed E-state index contributed by atoms with van der Waals surface area (Å²) in [5.41, 5.74) is 0.402. The van der Waals surface area contributed by atoms with E-state index in [0.717, 1.165) is 44.1 Å². The van der Waals surface area contributed by atoms with Gasteiger partial charge in [-0.2, -0.15) is 0 Å². The van der Waals surface area contributed by atoms with Gasteiger partial charge < -0.3 is 14.2 Å². The van der Waals surface area contributed by atoms with E-state index in [1.807, 2.05) is 13.0 Å². The molecule has 0 aromatic heterocycles. The highest BCUT2D eigenvalue weighted by molar-refractivity contribution is 5.95. The third-order valence-corrected chi connectivity index (χ3v) is 7.89. The maximum Gasteiger partial charge on any atom is 0.160 e. The van der Waals surface area contributed by atoms with Gasteiger partial charge in [0.25, 0.3) is 0 Å². The molecular weight excluding hydrogens is 328 g/mol. The first-order valence-electron chi connectivity index (χ1n) is 10.3. The Balaban J connectivity index is 1.71. The van der Waals surface area contributed by atoms with E-state index in [0.29, 0.717) is 19.0 Å². The van der Waals surface area contributed by atoms with Gasteiger partial charge in [-0.05, 0) is 56.6 Å². The summed E-state index contributed by atoms with van der Waals surface area (Å²) in [4.78, 5) is 13.1. The summed E-state index contributed by atoms with van der Waals surface area (Å²) in [7, 11) is 0. The average Bonchev–Trinajstić information content (AvgIpc) is 3.11. The van der Waals surface area contributed by atoms with Crippen molar-refractivity contribution in [3.8, 4) is 0 Å². The molecule has 0 unspecified atom stereocenters. The fourth-order valence-corrected chi connectivity index (χ4v) is 6.82. The van der Waals surface area contributed by atoms with Gasteiger partial charge in [-0.1, -0.05) is 27.2 Å².